The van der Waals surface area contributed by atoms with Crippen molar-refractivity contribution in [1.29, 1.82) is 0 Å². The standard InChI is InChI=1S/C13H15ClN4O4S/c1-21-12-16-11(17-13(18-12)22-2)7-15-23(19,20)8-9-4-3-5-10(14)6-9/h3-6,15H,7-8H2,1-2H3. The third-order valence-electron chi connectivity index (χ3n) is 2.70. The van der Waals surface area contributed by atoms with E-state index in [1.54, 1.807) is 24.3 Å². The van der Waals surface area contributed by atoms with Crippen molar-refractivity contribution in [2.75, 3.05) is 14.2 Å². The molecule has 0 aliphatic heterocycles. The fourth-order valence-electron chi connectivity index (χ4n) is 1.71. The molecule has 0 fully saturated rings. The summed E-state index contributed by atoms with van der Waals surface area (Å²) >= 11 is 5.84. The van der Waals surface area contributed by atoms with E-state index in [2.05, 4.69) is 19.7 Å². The number of ether oxygens (including phenoxy) is 2. The van der Waals surface area contributed by atoms with Crippen LogP contribution >= 0.6 is 11.6 Å². The van der Waals surface area contributed by atoms with Crippen LogP contribution in [0.3, 0.4) is 0 Å². The van der Waals surface area contributed by atoms with E-state index in [9.17, 15) is 8.42 Å². The number of hydrogen-bond acceptors (Lipinski definition) is 7. The van der Waals surface area contributed by atoms with E-state index in [0.717, 1.165) is 0 Å². The minimum absolute atomic E-state index is 0.0425. The molecule has 2 rings (SSSR count). The average molecular weight is 359 g/mol. The van der Waals surface area contributed by atoms with Gasteiger partial charge in [0, 0.05) is 5.02 Å². The van der Waals surface area contributed by atoms with Crippen LogP contribution in [-0.2, 0) is 22.3 Å². The summed E-state index contributed by atoms with van der Waals surface area (Å²) in [6, 6.07) is 6.72. The number of hydrogen-bond donors (Lipinski definition) is 1. The molecule has 1 N–H and O–H groups in total. The lowest BCUT2D eigenvalue weighted by molar-refractivity contribution is 0.336. The third-order valence-corrected chi connectivity index (χ3v) is 4.23. The maximum Gasteiger partial charge on any atom is 0.322 e. The second-order valence-corrected chi connectivity index (χ2v) is 6.68. The molecule has 0 saturated carbocycles. The molecule has 124 valence electrons. The summed E-state index contributed by atoms with van der Waals surface area (Å²) in [4.78, 5) is 11.7. The zero-order valence-corrected chi connectivity index (χ0v) is 14.1. The molecule has 0 spiro atoms. The van der Waals surface area contributed by atoms with Crippen LogP contribution in [0.15, 0.2) is 24.3 Å². The van der Waals surface area contributed by atoms with Gasteiger partial charge < -0.3 is 9.47 Å². The average Bonchev–Trinajstić information content (AvgIpc) is 2.52. The van der Waals surface area contributed by atoms with E-state index in [0.29, 0.717) is 10.6 Å². The molecular formula is C13H15ClN4O4S. The lowest BCUT2D eigenvalue weighted by Crippen LogP contribution is -2.26. The quantitative estimate of drug-likeness (QED) is 0.792. The van der Waals surface area contributed by atoms with E-state index in [-0.39, 0.29) is 30.1 Å². The van der Waals surface area contributed by atoms with E-state index in [4.69, 9.17) is 21.1 Å². The highest BCUT2D eigenvalue weighted by atomic mass is 35.5. The monoisotopic (exact) mass is 358 g/mol. The number of methoxy groups -OCH3 is 2. The van der Waals surface area contributed by atoms with Crippen molar-refractivity contribution in [3.05, 3.63) is 40.7 Å². The van der Waals surface area contributed by atoms with Crippen LogP contribution in [0.5, 0.6) is 12.0 Å². The molecule has 0 aliphatic rings. The van der Waals surface area contributed by atoms with Gasteiger partial charge in [-0.1, -0.05) is 23.7 Å². The first kappa shape index (κ1) is 17.4. The fraction of sp³-hybridized carbons (Fsp3) is 0.308. The SMILES string of the molecule is COc1nc(CNS(=O)(=O)Cc2cccc(Cl)c2)nc(OC)n1. The van der Waals surface area contributed by atoms with Gasteiger partial charge in [0.15, 0.2) is 5.82 Å². The van der Waals surface area contributed by atoms with Crippen LogP contribution in [-0.4, -0.2) is 37.6 Å². The van der Waals surface area contributed by atoms with Crippen LogP contribution in [0.25, 0.3) is 0 Å². The Balaban J connectivity index is 2.07. The first-order valence-electron chi connectivity index (χ1n) is 6.46. The van der Waals surface area contributed by atoms with Gasteiger partial charge in [-0.25, -0.2) is 13.1 Å². The second-order valence-electron chi connectivity index (χ2n) is 4.44. The van der Waals surface area contributed by atoms with Gasteiger partial charge in [0.25, 0.3) is 0 Å². The van der Waals surface area contributed by atoms with Crippen LogP contribution in [0.4, 0.5) is 0 Å². The number of sulfonamides is 1. The molecular weight excluding hydrogens is 344 g/mol. The van der Waals surface area contributed by atoms with Crippen molar-refractivity contribution in [3.63, 3.8) is 0 Å². The van der Waals surface area contributed by atoms with Crippen LogP contribution < -0.4 is 14.2 Å². The second kappa shape index (κ2) is 7.53. The van der Waals surface area contributed by atoms with Gasteiger partial charge in [0.1, 0.15) is 0 Å². The molecule has 2 aromatic rings. The number of nitrogens with zero attached hydrogens (tertiary/aromatic N) is 3. The molecule has 1 aromatic heterocycles. The highest BCUT2D eigenvalue weighted by Crippen LogP contribution is 2.13. The third kappa shape index (κ3) is 5.31. The molecule has 0 unspecified atom stereocenters. The van der Waals surface area contributed by atoms with E-state index in [1.165, 1.54) is 14.2 Å². The molecule has 0 radical (unpaired) electrons. The largest absolute Gasteiger partial charge is 0.467 e. The Kier molecular flexibility index (Phi) is 5.69. The van der Waals surface area contributed by atoms with E-state index in [1.807, 2.05) is 0 Å². The molecule has 0 atom stereocenters. The summed E-state index contributed by atoms with van der Waals surface area (Å²) in [7, 11) is -0.798. The number of aromatic nitrogens is 3. The molecule has 0 bridgehead atoms. The summed E-state index contributed by atoms with van der Waals surface area (Å²) < 4.78 is 36.4. The Morgan fingerprint density at radius 3 is 2.35 bits per heavy atom. The van der Waals surface area contributed by atoms with Gasteiger partial charge in [0.2, 0.25) is 10.0 Å². The molecule has 10 heteroatoms. The summed E-state index contributed by atoms with van der Waals surface area (Å²) in [5.74, 6) is -0.0178. The first-order chi connectivity index (χ1) is 10.9. The zero-order valence-electron chi connectivity index (χ0n) is 12.5. The van der Waals surface area contributed by atoms with Crippen molar-refractivity contribution in [2.45, 2.75) is 12.3 Å². The number of halogens is 1. The van der Waals surface area contributed by atoms with Crippen molar-refractivity contribution >= 4 is 21.6 Å². The van der Waals surface area contributed by atoms with Crippen molar-refractivity contribution in [3.8, 4) is 12.0 Å². The van der Waals surface area contributed by atoms with Gasteiger partial charge in [0.05, 0.1) is 26.5 Å². The molecule has 8 nitrogen and oxygen atoms in total. The number of nitrogens with one attached hydrogen (secondary N) is 1. The predicted octanol–water partition coefficient (Wildman–Crippen LogP) is 1.16. The lowest BCUT2D eigenvalue weighted by atomic mass is 10.2. The summed E-state index contributed by atoms with van der Waals surface area (Å²) in [5.41, 5.74) is 0.579. The van der Waals surface area contributed by atoms with E-state index < -0.39 is 10.0 Å². The van der Waals surface area contributed by atoms with Gasteiger partial charge in [-0.05, 0) is 17.7 Å². The first-order valence-corrected chi connectivity index (χ1v) is 8.49. The number of benzene rings is 1. The highest BCUT2D eigenvalue weighted by molar-refractivity contribution is 7.88. The molecule has 0 amide bonds. The van der Waals surface area contributed by atoms with E-state index >= 15 is 0 Å². The maximum absolute atomic E-state index is 12.1. The smallest absolute Gasteiger partial charge is 0.322 e. The van der Waals surface area contributed by atoms with Crippen molar-refractivity contribution < 1.29 is 17.9 Å². The summed E-state index contributed by atoms with van der Waals surface area (Å²) in [6.45, 7) is -0.113. The Morgan fingerprint density at radius 2 is 1.78 bits per heavy atom. The fourth-order valence-corrected chi connectivity index (χ4v) is 2.99. The minimum atomic E-state index is -3.58. The summed E-state index contributed by atoms with van der Waals surface area (Å²) in [6.07, 6.45) is 0. The lowest BCUT2D eigenvalue weighted by Gasteiger charge is -2.08. The molecule has 23 heavy (non-hydrogen) atoms. The zero-order chi connectivity index (χ0) is 16.9. The normalized spacial score (nSPS) is 11.3. The van der Waals surface area contributed by atoms with Crippen molar-refractivity contribution in [2.24, 2.45) is 0 Å². The van der Waals surface area contributed by atoms with Crippen LogP contribution in [0.1, 0.15) is 11.4 Å². The van der Waals surface area contributed by atoms with Crippen molar-refractivity contribution in [1.82, 2.24) is 19.7 Å². The Bertz CT molecular complexity index is 763. The number of rotatable bonds is 7. The molecule has 0 aliphatic carbocycles. The minimum Gasteiger partial charge on any atom is -0.467 e. The molecule has 0 saturated heterocycles. The maximum atomic E-state index is 12.1. The van der Waals surface area contributed by atoms with Gasteiger partial charge in [-0.2, -0.15) is 9.97 Å². The van der Waals surface area contributed by atoms with Gasteiger partial charge in [-0.15, -0.1) is 4.98 Å². The topological polar surface area (TPSA) is 103 Å². The Morgan fingerprint density at radius 1 is 1.13 bits per heavy atom. The molecule has 1 heterocycles. The van der Waals surface area contributed by atoms with Crippen LogP contribution in [0, 0.1) is 0 Å². The molecule has 1 aromatic carbocycles. The Labute approximate surface area is 138 Å². The van der Waals surface area contributed by atoms with Gasteiger partial charge >= 0.3 is 12.0 Å². The predicted molar refractivity (Wildman–Crippen MR) is 83.8 cm³/mol. The van der Waals surface area contributed by atoms with Crippen LogP contribution in [0.2, 0.25) is 5.02 Å². The highest BCUT2D eigenvalue weighted by Gasteiger charge is 2.14. The Hall–Kier alpha value is -1.97. The summed E-state index contributed by atoms with van der Waals surface area (Å²) in [5, 5.41) is 0.477. The van der Waals surface area contributed by atoms with Gasteiger partial charge in [-0.3, -0.25) is 0 Å².